The predicted molar refractivity (Wildman–Crippen MR) is 123 cm³/mol. The molecule has 2 rings (SSSR count). The van der Waals surface area contributed by atoms with E-state index in [1.807, 2.05) is 6.07 Å². The summed E-state index contributed by atoms with van der Waals surface area (Å²) in [7, 11) is -0.330. The lowest BCUT2D eigenvalue weighted by atomic mass is 9.61. The molecule has 0 N–H and O–H groups in total. The third-order valence-electron chi connectivity index (χ3n) is 7.31. The molecule has 3 nitrogen and oxygen atoms in total. The van der Waals surface area contributed by atoms with Crippen molar-refractivity contribution in [1.82, 2.24) is 0 Å². The van der Waals surface area contributed by atoms with Crippen molar-refractivity contribution in [3.8, 4) is 11.5 Å². The highest BCUT2D eigenvalue weighted by atomic mass is 79.9. The molecular formula is C23H37BrO3Si. The van der Waals surface area contributed by atoms with E-state index in [4.69, 9.17) is 9.16 Å². The molecule has 0 aliphatic heterocycles. The van der Waals surface area contributed by atoms with Crippen LogP contribution in [0.15, 0.2) is 16.6 Å². The van der Waals surface area contributed by atoms with Gasteiger partial charge in [0.15, 0.2) is 0 Å². The lowest BCUT2D eigenvalue weighted by molar-refractivity contribution is -0.132. The summed E-state index contributed by atoms with van der Waals surface area (Å²) in [5, 5.41) is 0.102. The van der Waals surface area contributed by atoms with Crippen LogP contribution in [0.5, 0.6) is 11.5 Å². The van der Waals surface area contributed by atoms with Crippen LogP contribution in [0.1, 0.15) is 59.9 Å². The molecule has 1 aromatic carbocycles. The number of methoxy groups -OCH3 is 1. The van der Waals surface area contributed by atoms with E-state index < -0.39 is 8.32 Å². The van der Waals surface area contributed by atoms with E-state index in [1.54, 1.807) is 7.11 Å². The summed E-state index contributed by atoms with van der Waals surface area (Å²) in [5.41, 5.74) is 1.05. The van der Waals surface area contributed by atoms with E-state index in [9.17, 15) is 4.79 Å². The molecule has 0 heterocycles. The molecule has 0 saturated heterocycles. The Bertz CT molecular complexity index is 734. The van der Waals surface area contributed by atoms with E-state index in [0.717, 1.165) is 28.0 Å². The number of halogens is 1. The van der Waals surface area contributed by atoms with Gasteiger partial charge in [-0.2, -0.15) is 0 Å². The third kappa shape index (κ3) is 4.67. The zero-order valence-corrected chi connectivity index (χ0v) is 21.6. The number of rotatable bonds is 5. The first kappa shape index (κ1) is 23.5. The molecule has 0 spiro atoms. The normalized spacial score (nSPS) is 22.9. The molecule has 1 aliphatic carbocycles. The minimum atomic E-state index is -2.01. The Kier molecular flexibility index (Phi) is 6.82. The topological polar surface area (TPSA) is 35.5 Å². The lowest BCUT2D eigenvalue weighted by Crippen LogP contribution is -2.44. The molecule has 0 radical (unpaired) electrons. The van der Waals surface area contributed by atoms with Gasteiger partial charge in [0.2, 0.25) is 8.32 Å². The van der Waals surface area contributed by atoms with Crippen molar-refractivity contribution >= 4 is 30.0 Å². The van der Waals surface area contributed by atoms with E-state index in [1.165, 1.54) is 0 Å². The van der Waals surface area contributed by atoms with Crippen LogP contribution >= 0.6 is 15.9 Å². The van der Waals surface area contributed by atoms with Gasteiger partial charge < -0.3 is 9.16 Å². The fourth-order valence-electron chi connectivity index (χ4n) is 3.68. The van der Waals surface area contributed by atoms with Gasteiger partial charge in [0.25, 0.3) is 0 Å². The number of Topliss-reactive ketones (excluding diaryl/α,β-unsaturated/α-hetero) is 1. The molecule has 0 bridgehead atoms. The molecular weight excluding hydrogens is 432 g/mol. The summed E-state index contributed by atoms with van der Waals surface area (Å²) in [5.74, 6) is 2.58. The SMILES string of the molecule is COc1cc(CC2C(=O)CCC(C)C2(C)C)c(O[Si](C)(C)C(C)(C)C)cc1Br. The quantitative estimate of drug-likeness (QED) is 0.435. The molecule has 2 atom stereocenters. The molecule has 158 valence electrons. The van der Waals surface area contributed by atoms with Crippen LogP contribution in [-0.4, -0.2) is 21.2 Å². The van der Waals surface area contributed by atoms with Crippen LogP contribution in [0, 0.1) is 17.3 Å². The molecule has 0 amide bonds. The van der Waals surface area contributed by atoms with Crippen molar-refractivity contribution in [3.63, 3.8) is 0 Å². The van der Waals surface area contributed by atoms with Gasteiger partial charge in [-0.25, -0.2) is 0 Å². The van der Waals surface area contributed by atoms with Gasteiger partial charge in [0.05, 0.1) is 11.6 Å². The number of ether oxygens (including phenoxy) is 1. The zero-order chi connectivity index (χ0) is 21.5. The average molecular weight is 470 g/mol. The highest BCUT2D eigenvalue weighted by molar-refractivity contribution is 9.10. The van der Waals surface area contributed by atoms with Crippen LogP contribution in [0.3, 0.4) is 0 Å². The summed E-state index contributed by atoms with van der Waals surface area (Å²) in [6.45, 7) is 18.0. The monoisotopic (exact) mass is 468 g/mol. The minimum Gasteiger partial charge on any atom is -0.543 e. The number of hydrogen-bond acceptors (Lipinski definition) is 3. The largest absolute Gasteiger partial charge is 0.543 e. The first-order valence-corrected chi connectivity index (χ1v) is 14.0. The number of benzene rings is 1. The maximum atomic E-state index is 12.9. The fraction of sp³-hybridized carbons (Fsp3) is 0.696. The van der Waals surface area contributed by atoms with E-state index in [-0.39, 0.29) is 16.4 Å². The summed E-state index contributed by atoms with van der Waals surface area (Å²) >= 11 is 3.61. The summed E-state index contributed by atoms with van der Waals surface area (Å²) in [4.78, 5) is 12.9. The number of carbonyl (C=O) groups excluding carboxylic acids is 1. The van der Waals surface area contributed by atoms with Gasteiger partial charge >= 0.3 is 0 Å². The van der Waals surface area contributed by atoms with Crippen molar-refractivity contribution in [2.45, 2.75) is 78.9 Å². The second-order valence-corrected chi connectivity index (χ2v) is 16.0. The Balaban J connectivity index is 2.48. The molecule has 1 aromatic rings. The van der Waals surface area contributed by atoms with Gasteiger partial charge in [-0.15, -0.1) is 0 Å². The van der Waals surface area contributed by atoms with Crippen LogP contribution in [-0.2, 0) is 11.2 Å². The fourth-order valence-corrected chi connectivity index (χ4v) is 5.21. The summed E-state index contributed by atoms with van der Waals surface area (Å²) in [6, 6.07) is 4.08. The second kappa shape index (κ2) is 8.14. The van der Waals surface area contributed by atoms with E-state index in [2.05, 4.69) is 76.6 Å². The zero-order valence-electron chi connectivity index (χ0n) is 19.0. The number of carbonyl (C=O) groups is 1. The molecule has 0 aromatic heterocycles. The van der Waals surface area contributed by atoms with Gasteiger partial charge in [0, 0.05) is 12.3 Å². The molecule has 1 saturated carbocycles. The standard InChI is InChI=1S/C23H37BrO3Si/c1-15-10-11-19(25)17(23(15,5)6)12-16-13-21(26-7)18(24)14-20(16)27-28(8,9)22(2,3)4/h13-15,17H,10-12H2,1-9H3. The van der Waals surface area contributed by atoms with Crippen LogP contribution < -0.4 is 9.16 Å². The van der Waals surface area contributed by atoms with Gasteiger partial charge in [-0.1, -0.05) is 41.5 Å². The second-order valence-electron chi connectivity index (χ2n) is 10.4. The molecule has 28 heavy (non-hydrogen) atoms. The van der Waals surface area contributed by atoms with Crippen molar-refractivity contribution in [1.29, 1.82) is 0 Å². The van der Waals surface area contributed by atoms with Gasteiger partial charge in [-0.05, 0) is 75.9 Å². The summed E-state index contributed by atoms with van der Waals surface area (Å²) < 4.78 is 13.1. The molecule has 1 fully saturated rings. The first-order valence-electron chi connectivity index (χ1n) is 10.3. The minimum absolute atomic E-state index is 0.00361. The van der Waals surface area contributed by atoms with Crippen molar-refractivity contribution < 1.29 is 14.0 Å². The Morgan fingerprint density at radius 3 is 2.36 bits per heavy atom. The van der Waals surface area contributed by atoms with E-state index >= 15 is 0 Å². The Morgan fingerprint density at radius 2 is 1.82 bits per heavy atom. The predicted octanol–water partition coefficient (Wildman–Crippen LogP) is 7.03. The van der Waals surface area contributed by atoms with Crippen molar-refractivity contribution in [3.05, 3.63) is 22.2 Å². The highest BCUT2D eigenvalue weighted by Gasteiger charge is 2.44. The van der Waals surface area contributed by atoms with Crippen LogP contribution in [0.25, 0.3) is 0 Å². The lowest BCUT2D eigenvalue weighted by Gasteiger charge is -2.43. The Labute approximate surface area is 180 Å². The van der Waals surface area contributed by atoms with Gasteiger partial charge in [0.1, 0.15) is 17.3 Å². The third-order valence-corrected chi connectivity index (χ3v) is 12.3. The number of hydrogen-bond donors (Lipinski definition) is 0. The Morgan fingerprint density at radius 1 is 1.21 bits per heavy atom. The Hall–Kier alpha value is -0.813. The highest BCUT2D eigenvalue weighted by Crippen LogP contribution is 2.47. The molecule has 5 heteroatoms. The van der Waals surface area contributed by atoms with Crippen LogP contribution in [0.4, 0.5) is 0 Å². The van der Waals surface area contributed by atoms with Crippen molar-refractivity contribution in [2.75, 3.05) is 7.11 Å². The summed E-state index contributed by atoms with van der Waals surface area (Å²) in [6.07, 6.45) is 2.37. The number of ketones is 1. The average Bonchev–Trinajstić information content (AvgIpc) is 2.55. The maximum Gasteiger partial charge on any atom is 0.250 e. The molecule has 2 unspecified atom stereocenters. The van der Waals surface area contributed by atoms with Gasteiger partial charge in [-0.3, -0.25) is 4.79 Å². The van der Waals surface area contributed by atoms with Crippen LogP contribution in [0.2, 0.25) is 18.1 Å². The first-order chi connectivity index (χ1) is 12.7. The maximum absolute atomic E-state index is 12.9. The molecule has 1 aliphatic rings. The van der Waals surface area contributed by atoms with E-state index in [0.29, 0.717) is 24.5 Å². The smallest absolute Gasteiger partial charge is 0.250 e. The van der Waals surface area contributed by atoms with Crippen molar-refractivity contribution in [2.24, 2.45) is 17.3 Å².